The molecule has 158 valence electrons. The van der Waals surface area contributed by atoms with Crippen molar-refractivity contribution < 1.29 is 0 Å². The van der Waals surface area contributed by atoms with Gasteiger partial charge in [-0.25, -0.2) is 4.98 Å². The maximum Gasteiger partial charge on any atom is 0.252 e. The van der Waals surface area contributed by atoms with Crippen LogP contribution in [-0.4, -0.2) is 27.6 Å². The Labute approximate surface area is 185 Å². The summed E-state index contributed by atoms with van der Waals surface area (Å²) in [6, 6.07) is 15.9. The van der Waals surface area contributed by atoms with E-state index in [2.05, 4.69) is 55.9 Å². The molecule has 0 amide bonds. The number of aromatic nitrogens is 3. The molecule has 1 fully saturated rings. The average molecular weight is 432 g/mol. The number of anilines is 3. The van der Waals surface area contributed by atoms with Crippen LogP contribution in [0.15, 0.2) is 64.9 Å². The van der Waals surface area contributed by atoms with Crippen LogP contribution in [0.2, 0.25) is 0 Å². The molecule has 1 saturated heterocycles. The molecule has 1 aromatic carbocycles. The SMILES string of the molecule is O=c1ccc2cnc(Nc3ccc(N4CCCCC4)cc3)nc2n1CCc1cccs1. The predicted molar refractivity (Wildman–Crippen MR) is 128 cm³/mol. The van der Waals surface area contributed by atoms with Gasteiger partial charge in [-0.3, -0.25) is 9.36 Å². The lowest BCUT2D eigenvalue weighted by atomic mass is 10.1. The summed E-state index contributed by atoms with van der Waals surface area (Å²) in [7, 11) is 0. The van der Waals surface area contributed by atoms with Crippen molar-refractivity contribution in [3.8, 4) is 0 Å². The van der Waals surface area contributed by atoms with Gasteiger partial charge < -0.3 is 10.2 Å². The molecule has 1 N–H and O–H groups in total. The van der Waals surface area contributed by atoms with E-state index in [0.29, 0.717) is 18.1 Å². The summed E-state index contributed by atoms with van der Waals surface area (Å²) in [5.41, 5.74) is 2.81. The summed E-state index contributed by atoms with van der Waals surface area (Å²) in [5.74, 6) is 0.494. The van der Waals surface area contributed by atoms with Crippen molar-refractivity contribution in [2.24, 2.45) is 0 Å². The second-order valence-electron chi connectivity index (χ2n) is 7.84. The first kappa shape index (κ1) is 19.8. The van der Waals surface area contributed by atoms with Gasteiger partial charge in [-0.15, -0.1) is 11.3 Å². The minimum absolute atomic E-state index is 0.0420. The van der Waals surface area contributed by atoms with Crippen LogP contribution < -0.4 is 15.8 Å². The second kappa shape index (κ2) is 8.89. The Morgan fingerprint density at radius 1 is 1.00 bits per heavy atom. The van der Waals surface area contributed by atoms with Crippen molar-refractivity contribution in [3.05, 3.63) is 75.3 Å². The van der Waals surface area contributed by atoms with Crippen LogP contribution in [-0.2, 0) is 13.0 Å². The Kier molecular flexibility index (Phi) is 5.67. The normalized spacial score (nSPS) is 14.1. The van der Waals surface area contributed by atoms with Gasteiger partial charge in [-0.05, 0) is 67.5 Å². The second-order valence-corrected chi connectivity index (χ2v) is 8.88. The molecular weight excluding hydrogens is 406 g/mol. The van der Waals surface area contributed by atoms with Crippen molar-refractivity contribution in [3.63, 3.8) is 0 Å². The minimum Gasteiger partial charge on any atom is -0.372 e. The Hall–Kier alpha value is -3.19. The minimum atomic E-state index is -0.0420. The maximum absolute atomic E-state index is 12.5. The standard InChI is InChI=1S/C24H25N5OS/c30-22-11-6-18-17-25-24(27-23(18)29(22)15-12-21-5-4-16-31-21)26-19-7-9-20(10-8-19)28-13-2-1-3-14-28/h4-11,16-17H,1-3,12-15H2,(H,25,26,27). The zero-order valence-corrected chi connectivity index (χ0v) is 18.1. The highest BCUT2D eigenvalue weighted by atomic mass is 32.1. The van der Waals surface area contributed by atoms with Gasteiger partial charge in [0.2, 0.25) is 5.95 Å². The van der Waals surface area contributed by atoms with E-state index in [9.17, 15) is 4.79 Å². The van der Waals surface area contributed by atoms with Gasteiger partial charge in [-0.1, -0.05) is 6.07 Å². The van der Waals surface area contributed by atoms with Crippen molar-refractivity contribution in [1.82, 2.24) is 14.5 Å². The van der Waals surface area contributed by atoms with Crippen molar-refractivity contribution >= 4 is 39.7 Å². The first-order chi connectivity index (χ1) is 15.3. The lowest BCUT2D eigenvalue weighted by Crippen LogP contribution is -2.29. The van der Waals surface area contributed by atoms with Gasteiger partial charge in [0.1, 0.15) is 5.65 Å². The zero-order chi connectivity index (χ0) is 21.0. The molecule has 0 spiro atoms. The van der Waals surface area contributed by atoms with Gasteiger partial charge in [0.05, 0.1) is 0 Å². The predicted octanol–water partition coefficient (Wildman–Crippen LogP) is 4.83. The van der Waals surface area contributed by atoms with Crippen LogP contribution in [0.4, 0.5) is 17.3 Å². The summed E-state index contributed by atoms with van der Waals surface area (Å²) in [4.78, 5) is 25.3. The summed E-state index contributed by atoms with van der Waals surface area (Å²) < 4.78 is 1.74. The first-order valence-corrected chi connectivity index (χ1v) is 11.7. The number of nitrogens with zero attached hydrogens (tertiary/aromatic N) is 4. The summed E-state index contributed by atoms with van der Waals surface area (Å²) >= 11 is 1.71. The van der Waals surface area contributed by atoms with E-state index in [1.807, 2.05) is 6.07 Å². The van der Waals surface area contributed by atoms with Gasteiger partial charge in [0.15, 0.2) is 0 Å². The fourth-order valence-corrected chi connectivity index (χ4v) is 4.76. The van der Waals surface area contributed by atoms with E-state index < -0.39 is 0 Å². The number of piperidine rings is 1. The zero-order valence-electron chi connectivity index (χ0n) is 17.3. The largest absolute Gasteiger partial charge is 0.372 e. The number of benzene rings is 1. The quantitative estimate of drug-likeness (QED) is 0.474. The lowest BCUT2D eigenvalue weighted by Gasteiger charge is -2.28. The van der Waals surface area contributed by atoms with Crippen molar-refractivity contribution in [1.29, 1.82) is 0 Å². The highest BCUT2D eigenvalue weighted by Crippen LogP contribution is 2.23. The highest BCUT2D eigenvalue weighted by molar-refractivity contribution is 7.09. The maximum atomic E-state index is 12.5. The molecule has 6 nitrogen and oxygen atoms in total. The number of hydrogen-bond donors (Lipinski definition) is 1. The number of rotatable bonds is 6. The summed E-state index contributed by atoms with van der Waals surface area (Å²) in [6.45, 7) is 2.85. The Bertz CT molecular complexity index is 1210. The molecule has 0 saturated carbocycles. The molecule has 0 atom stereocenters. The molecule has 1 aliphatic heterocycles. The first-order valence-electron chi connectivity index (χ1n) is 10.8. The van der Waals surface area contributed by atoms with Crippen LogP contribution in [0.3, 0.4) is 0 Å². The number of hydrogen-bond acceptors (Lipinski definition) is 6. The fraction of sp³-hybridized carbons (Fsp3) is 0.292. The van der Waals surface area contributed by atoms with Crippen molar-refractivity contribution in [2.75, 3.05) is 23.3 Å². The molecule has 3 aromatic heterocycles. The molecule has 0 unspecified atom stereocenters. The third kappa shape index (κ3) is 4.46. The van der Waals surface area contributed by atoms with E-state index in [4.69, 9.17) is 0 Å². The van der Waals surface area contributed by atoms with Crippen LogP contribution in [0.25, 0.3) is 11.0 Å². The van der Waals surface area contributed by atoms with Crippen LogP contribution in [0.5, 0.6) is 0 Å². The summed E-state index contributed by atoms with van der Waals surface area (Å²) in [6.07, 6.45) is 6.43. The third-order valence-corrected chi connectivity index (χ3v) is 6.67. The third-order valence-electron chi connectivity index (χ3n) is 5.73. The number of fused-ring (bicyclic) bond motifs is 1. The number of aryl methyl sites for hydroxylation is 2. The van der Waals surface area contributed by atoms with E-state index >= 15 is 0 Å². The van der Waals surface area contributed by atoms with Crippen LogP contribution in [0.1, 0.15) is 24.1 Å². The molecule has 0 aliphatic carbocycles. The van der Waals surface area contributed by atoms with Crippen LogP contribution in [0, 0.1) is 0 Å². The fourth-order valence-electron chi connectivity index (χ4n) is 4.06. The molecule has 7 heteroatoms. The van der Waals surface area contributed by atoms with E-state index in [1.165, 1.54) is 29.8 Å². The number of nitrogens with one attached hydrogen (secondary N) is 1. The summed E-state index contributed by atoms with van der Waals surface area (Å²) in [5, 5.41) is 6.20. The topological polar surface area (TPSA) is 63.1 Å². The smallest absolute Gasteiger partial charge is 0.252 e. The molecular formula is C24H25N5OS. The van der Waals surface area contributed by atoms with Gasteiger partial charge in [0.25, 0.3) is 5.56 Å². The van der Waals surface area contributed by atoms with E-state index in [1.54, 1.807) is 34.2 Å². The Morgan fingerprint density at radius 2 is 1.84 bits per heavy atom. The molecule has 31 heavy (non-hydrogen) atoms. The number of thiophene rings is 1. The monoisotopic (exact) mass is 431 g/mol. The van der Waals surface area contributed by atoms with Crippen molar-refractivity contribution in [2.45, 2.75) is 32.2 Å². The average Bonchev–Trinajstić information content (AvgIpc) is 3.33. The Morgan fingerprint density at radius 3 is 2.61 bits per heavy atom. The number of pyridine rings is 1. The molecule has 5 rings (SSSR count). The molecule has 0 radical (unpaired) electrons. The highest BCUT2D eigenvalue weighted by Gasteiger charge is 2.11. The van der Waals surface area contributed by atoms with Gasteiger partial charge in [-0.2, -0.15) is 4.98 Å². The van der Waals surface area contributed by atoms with E-state index in [-0.39, 0.29) is 5.56 Å². The molecule has 1 aliphatic rings. The molecule has 4 heterocycles. The van der Waals surface area contributed by atoms with Gasteiger partial charge in [0, 0.05) is 53.5 Å². The van der Waals surface area contributed by atoms with E-state index in [0.717, 1.165) is 30.6 Å². The lowest BCUT2D eigenvalue weighted by molar-refractivity contribution is 0.578. The Balaban J connectivity index is 1.37. The molecule has 4 aromatic rings. The van der Waals surface area contributed by atoms with Gasteiger partial charge >= 0.3 is 0 Å². The molecule has 0 bridgehead atoms. The van der Waals surface area contributed by atoms with Crippen LogP contribution >= 0.6 is 11.3 Å².